The van der Waals surface area contributed by atoms with Crippen LogP contribution in [0.5, 0.6) is 0 Å². The van der Waals surface area contributed by atoms with Gasteiger partial charge in [-0.3, -0.25) is 0 Å². The van der Waals surface area contributed by atoms with Gasteiger partial charge in [0.15, 0.2) is 0 Å². The van der Waals surface area contributed by atoms with Crippen molar-refractivity contribution in [1.82, 2.24) is 4.90 Å². The summed E-state index contributed by atoms with van der Waals surface area (Å²) in [6.07, 6.45) is 1.64. The van der Waals surface area contributed by atoms with Gasteiger partial charge in [0.05, 0.1) is 25.9 Å². The van der Waals surface area contributed by atoms with Gasteiger partial charge in [-0.1, -0.05) is 0 Å². The van der Waals surface area contributed by atoms with E-state index in [1.54, 1.807) is 4.90 Å². The maximum Gasteiger partial charge on any atom is 0.410 e. The minimum atomic E-state index is -0.462. The lowest BCUT2D eigenvalue weighted by atomic mass is 10.2. The lowest BCUT2D eigenvalue weighted by Crippen LogP contribution is -2.41. The molecule has 0 aromatic carbocycles. The van der Waals surface area contributed by atoms with Crippen LogP contribution < -0.4 is 0 Å². The van der Waals surface area contributed by atoms with Crippen LogP contribution in [0.25, 0.3) is 0 Å². The quantitative estimate of drug-likeness (QED) is 0.760. The molecule has 1 aliphatic rings. The van der Waals surface area contributed by atoms with Gasteiger partial charge in [0, 0.05) is 6.54 Å². The Bertz CT molecular complexity index is 249. The molecule has 17 heavy (non-hydrogen) atoms. The Labute approximate surface area is 103 Å². The van der Waals surface area contributed by atoms with Crippen LogP contribution in [0.3, 0.4) is 0 Å². The first-order chi connectivity index (χ1) is 7.94. The smallest absolute Gasteiger partial charge is 0.410 e. The molecule has 1 rings (SSSR count). The molecule has 1 fully saturated rings. The summed E-state index contributed by atoms with van der Waals surface area (Å²) < 4.78 is 10.6. The Balaban J connectivity index is 2.42. The number of hydrogen-bond acceptors (Lipinski definition) is 4. The molecule has 0 aliphatic carbocycles. The Hall–Kier alpha value is -0.810. The first-order valence-corrected chi connectivity index (χ1v) is 6.12. The summed E-state index contributed by atoms with van der Waals surface area (Å²) in [5, 5.41) is 8.64. The van der Waals surface area contributed by atoms with Crippen molar-refractivity contribution in [2.75, 3.05) is 26.4 Å². The number of aliphatic hydroxyl groups is 1. The van der Waals surface area contributed by atoms with Crippen molar-refractivity contribution >= 4 is 6.09 Å². The average molecular weight is 245 g/mol. The summed E-state index contributed by atoms with van der Waals surface area (Å²) in [6.45, 7) is 7.11. The third-order valence-electron chi connectivity index (χ3n) is 2.55. The molecule has 0 aromatic rings. The molecular weight excluding hydrogens is 222 g/mol. The van der Waals surface area contributed by atoms with E-state index in [4.69, 9.17) is 14.6 Å². The van der Waals surface area contributed by atoms with E-state index in [1.807, 2.05) is 20.8 Å². The Morgan fingerprint density at radius 1 is 1.47 bits per heavy atom. The van der Waals surface area contributed by atoms with Crippen LogP contribution in [0.2, 0.25) is 0 Å². The molecule has 0 aromatic heterocycles. The largest absolute Gasteiger partial charge is 0.444 e. The van der Waals surface area contributed by atoms with Gasteiger partial charge in [-0.05, 0) is 33.6 Å². The lowest BCUT2D eigenvalue weighted by Gasteiger charge is -2.28. The number of aliphatic hydroxyl groups excluding tert-OH is 1. The molecule has 5 heteroatoms. The second kappa shape index (κ2) is 6.21. The van der Waals surface area contributed by atoms with Crippen molar-refractivity contribution in [1.29, 1.82) is 0 Å². The van der Waals surface area contributed by atoms with E-state index in [-0.39, 0.29) is 18.7 Å². The van der Waals surface area contributed by atoms with Crippen molar-refractivity contribution in [3.05, 3.63) is 0 Å². The number of hydrogen-bond donors (Lipinski definition) is 1. The van der Waals surface area contributed by atoms with E-state index in [9.17, 15) is 4.79 Å². The van der Waals surface area contributed by atoms with E-state index < -0.39 is 5.60 Å². The highest BCUT2D eigenvalue weighted by Gasteiger charge is 2.32. The molecule has 1 amide bonds. The maximum absolute atomic E-state index is 11.9. The van der Waals surface area contributed by atoms with Crippen LogP contribution in [0, 0.1) is 0 Å². The third kappa shape index (κ3) is 4.91. The third-order valence-corrected chi connectivity index (χ3v) is 2.55. The molecule has 0 unspecified atom stereocenters. The number of carbonyl (C=O) groups is 1. The molecule has 1 heterocycles. The predicted molar refractivity (Wildman–Crippen MR) is 63.9 cm³/mol. The summed E-state index contributed by atoms with van der Waals surface area (Å²) in [6, 6.07) is 0.0800. The van der Waals surface area contributed by atoms with Gasteiger partial charge >= 0.3 is 6.09 Å². The standard InChI is InChI=1S/C12H23NO4/c1-12(2,3)17-11(15)13-6-4-5-10(13)9-16-8-7-14/h10,14H,4-9H2,1-3H3/t10-/m0/s1. The average Bonchev–Trinajstić information content (AvgIpc) is 2.64. The van der Waals surface area contributed by atoms with E-state index >= 15 is 0 Å². The maximum atomic E-state index is 11.9. The molecule has 1 N–H and O–H groups in total. The second-order valence-electron chi connectivity index (χ2n) is 5.27. The molecule has 1 atom stereocenters. The number of ether oxygens (including phenoxy) is 2. The van der Waals surface area contributed by atoms with E-state index in [1.165, 1.54) is 0 Å². The summed E-state index contributed by atoms with van der Waals surface area (Å²) in [5.41, 5.74) is -0.462. The van der Waals surface area contributed by atoms with Crippen molar-refractivity contribution < 1.29 is 19.4 Å². The molecular formula is C12H23NO4. The lowest BCUT2D eigenvalue weighted by molar-refractivity contribution is 0.00747. The van der Waals surface area contributed by atoms with Gasteiger partial charge in [-0.15, -0.1) is 0 Å². The Morgan fingerprint density at radius 2 is 2.18 bits per heavy atom. The summed E-state index contributed by atoms with van der Waals surface area (Å²) in [5.74, 6) is 0. The van der Waals surface area contributed by atoms with Crippen LogP contribution in [0.4, 0.5) is 4.79 Å². The van der Waals surface area contributed by atoms with Crippen LogP contribution in [0.15, 0.2) is 0 Å². The minimum absolute atomic E-state index is 0.0131. The molecule has 0 radical (unpaired) electrons. The van der Waals surface area contributed by atoms with Gasteiger partial charge in [0.2, 0.25) is 0 Å². The highest BCUT2D eigenvalue weighted by atomic mass is 16.6. The highest BCUT2D eigenvalue weighted by Crippen LogP contribution is 2.20. The topological polar surface area (TPSA) is 59.0 Å². The van der Waals surface area contributed by atoms with Gasteiger partial charge in [-0.25, -0.2) is 4.79 Å². The van der Waals surface area contributed by atoms with Gasteiger partial charge in [0.1, 0.15) is 5.60 Å². The zero-order chi connectivity index (χ0) is 12.9. The number of likely N-dealkylation sites (tertiary alicyclic amines) is 1. The fourth-order valence-electron chi connectivity index (χ4n) is 1.85. The molecule has 100 valence electrons. The first kappa shape index (κ1) is 14.3. The number of carbonyl (C=O) groups excluding carboxylic acids is 1. The first-order valence-electron chi connectivity index (χ1n) is 6.12. The molecule has 0 spiro atoms. The summed E-state index contributed by atoms with van der Waals surface area (Å²) >= 11 is 0. The Kier molecular flexibility index (Phi) is 5.21. The van der Waals surface area contributed by atoms with Crippen molar-refractivity contribution in [2.24, 2.45) is 0 Å². The SMILES string of the molecule is CC(C)(C)OC(=O)N1CCC[C@H]1COCCO. The van der Waals surface area contributed by atoms with Crippen molar-refractivity contribution in [3.8, 4) is 0 Å². The van der Waals surface area contributed by atoms with Crippen LogP contribution in [-0.2, 0) is 9.47 Å². The van der Waals surface area contributed by atoms with Crippen LogP contribution in [-0.4, -0.2) is 54.1 Å². The van der Waals surface area contributed by atoms with Crippen LogP contribution >= 0.6 is 0 Å². The molecule has 0 bridgehead atoms. The number of rotatable bonds is 4. The second-order valence-corrected chi connectivity index (χ2v) is 5.27. The zero-order valence-corrected chi connectivity index (χ0v) is 10.9. The van der Waals surface area contributed by atoms with Crippen LogP contribution in [0.1, 0.15) is 33.6 Å². The van der Waals surface area contributed by atoms with Crippen molar-refractivity contribution in [2.45, 2.75) is 45.3 Å². The highest BCUT2D eigenvalue weighted by molar-refractivity contribution is 5.68. The van der Waals surface area contributed by atoms with Gasteiger partial charge in [0.25, 0.3) is 0 Å². The fourth-order valence-corrected chi connectivity index (χ4v) is 1.85. The van der Waals surface area contributed by atoms with Gasteiger partial charge < -0.3 is 19.5 Å². The zero-order valence-electron chi connectivity index (χ0n) is 10.9. The number of amides is 1. The summed E-state index contributed by atoms with van der Waals surface area (Å²) in [4.78, 5) is 13.6. The molecule has 1 saturated heterocycles. The molecule has 0 saturated carbocycles. The van der Waals surface area contributed by atoms with Gasteiger partial charge in [-0.2, -0.15) is 0 Å². The Morgan fingerprint density at radius 3 is 2.76 bits per heavy atom. The predicted octanol–water partition coefficient (Wildman–Crippen LogP) is 1.39. The summed E-state index contributed by atoms with van der Waals surface area (Å²) in [7, 11) is 0. The fraction of sp³-hybridized carbons (Fsp3) is 0.917. The van der Waals surface area contributed by atoms with Crippen molar-refractivity contribution in [3.63, 3.8) is 0 Å². The van der Waals surface area contributed by atoms with E-state index in [0.29, 0.717) is 13.2 Å². The van der Waals surface area contributed by atoms with E-state index in [0.717, 1.165) is 19.4 Å². The normalized spacial score (nSPS) is 20.7. The molecule has 1 aliphatic heterocycles. The number of nitrogens with zero attached hydrogens (tertiary/aromatic N) is 1. The van der Waals surface area contributed by atoms with E-state index in [2.05, 4.69) is 0 Å². The molecule has 5 nitrogen and oxygen atoms in total. The monoisotopic (exact) mass is 245 g/mol. The minimum Gasteiger partial charge on any atom is -0.444 e.